The molecule has 2 rings (SSSR count). The molecule has 0 unspecified atom stereocenters. The number of rotatable bonds is 3. The zero-order valence-corrected chi connectivity index (χ0v) is 11.9. The molecule has 0 aliphatic rings. The van der Waals surface area contributed by atoms with Crippen molar-refractivity contribution in [3.8, 4) is 0 Å². The Labute approximate surface area is 121 Å². The average molecular weight is 292 g/mol. The smallest absolute Gasteiger partial charge is 0.272 e. The first-order valence-corrected chi connectivity index (χ1v) is 6.35. The Balaban J connectivity index is 2.15. The summed E-state index contributed by atoms with van der Waals surface area (Å²) in [4.78, 5) is 23.0. The number of anilines is 2. The summed E-state index contributed by atoms with van der Waals surface area (Å²) >= 11 is 6.04. The van der Waals surface area contributed by atoms with Crippen LogP contribution in [0.5, 0.6) is 0 Å². The van der Waals surface area contributed by atoms with Gasteiger partial charge >= 0.3 is 0 Å². The highest BCUT2D eigenvalue weighted by molar-refractivity contribution is 6.34. The molecule has 5 nitrogen and oxygen atoms in total. The van der Waals surface area contributed by atoms with Crippen LogP contribution in [0.2, 0.25) is 5.02 Å². The molecule has 0 aliphatic heterocycles. The number of amides is 2. The summed E-state index contributed by atoms with van der Waals surface area (Å²) in [5.74, 6) is -0.423. The lowest BCUT2D eigenvalue weighted by Crippen LogP contribution is -2.15. The maximum atomic E-state index is 12.0. The van der Waals surface area contributed by atoms with E-state index >= 15 is 0 Å². The molecule has 0 saturated heterocycles. The monoisotopic (exact) mass is 291 g/mol. The second-order valence-electron chi connectivity index (χ2n) is 4.33. The third-order valence-corrected chi connectivity index (χ3v) is 3.03. The van der Waals surface area contributed by atoms with E-state index in [-0.39, 0.29) is 11.8 Å². The highest BCUT2D eigenvalue weighted by Crippen LogP contribution is 2.25. The Morgan fingerprint density at radius 2 is 1.95 bits per heavy atom. The lowest BCUT2D eigenvalue weighted by Gasteiger charge is -2.09. The second-order valence-corrected chi connectivity index (χ2v) is 4.74. The first-order valence-electron chi connectivity index (χ1n) is 5.97. The Morgan fingerprint density at radius 1 is 1.20 bits per heavy atom. The van der Waals surface area contributed by atoms with Gasteiger partial charge in [-0.25, -0.2) is 0 Å². The SMILES string of the molecule is CC(=O)Nc1ccc(NC(=O)c2cccn2C)cc1Cl. The molecule has 2 N–H and O–H groups in total. The van der Waals surface area contributed by atoms with Crippen molar-refractivity contribution in [2.75, 3.05) is 10.6 Å². The second kappa shape index (κ2) is 5.79. The van der Waals surface area contributed by atoms with Gasteiger partial charge in [-0.2, -0.15) is 0 Å². The van der Waals surface area contributed by atoms with Crippen LogP contribution in [0.25, 0.3) is 0 Å². The van der Waals surface area contributed by atoms with Crippen molar-refractivity contribution >= 4 is 34.8 Å². The number of nitrogens with one attached hydrogen (secondary N) is 2. The van der Waals surface area contributed by atoms with Gasteiger partial charge in [0.15, 0.2) is 0 Å². The van der Waals surface area contributed by atoms with Crippen molar-refractivity contribution in [3.05, 3.63) is 47.2 Å². The highest BCUT2D eigenvalue weighted by Gasteiger charge is 2.10. The summed E-state index contributed by atoms with van der Waals surface area (Å²) in [6.07, 6.45) is 1.79. The van der Waals surface area contributed by atoms with Crippen LogP contribution in [0.1, 0.15) is 17.4 Å². The minimum absolute atomic E-state index is 0.201. The highest BCUT2D eigenvalue weighted by atomic mass is 35.5. The molecule has 6 heteroatoms. The molecular weight excluding hydrogens is 278 g/mol. The Morgan fingerprint density at radius 3 is 2.50 bits per heavy atom. The topological polar surface area (TPSA) is 63.1 Å². The third-order valence-electron chi connectivity index (χ3n) is 2.71. The maximum Gasteiger partial charge on any atom is 0.272 e. The summed E-state index contributed by atoms with van der Waals surface area (Å²) in [7, 11) is 1.79. The van der Waals surface area contributed by atoms with E-state index in [1.807, 2.05) is 0 Å². The quantitative estimate of drug-likeness (QED) is 0.913. The van der Waals surface area contributed by atoms with Crippen LogP contribution in [0, 0.1) is 0 Å². The minimum atomic E-state index is -0.221. The first-order chi connectivity index (χ1) is 9.47. The van der Waals surface area contributed by atoms with Gasteiger partial charge in [-0.15, -0.1) is 0 Å². The number of benzene rings is 1. The van der Waals surface area contributed by atoms with Crippen molar-refractivity contribution in [1.82, 2.24) is 4.57 Å². The standard InChI is InChI=1S/C14H14ClN3O2/c1-9(19)16-12-6-5-10(8-11(12)15)17-14(20)13-4-3-7-18(13)2/h3-8H,1-2H3,(H,16,19)(H,17,20). The summed E-state index contributed by atoms with van der Waals surface area (Å²) in [5.41, 5.74) is 1.62. The van der Waals surface area contributed by atoms with Crippen LogP contribution in [-0.2, 0) is 11.8 Å². The molecule has 104 valence electrons. The summed E-state index contributed by atoms with van der Waals surface area (Å²) in [5, 5.41) is 5.72. The zero-order chi connectivity index (χ0) is 14.7. The molecule has 1 heterocycles. The predicted molar refractivity (Wildman–Crippen MR) is 79.1 cm³/mol. The van der Waals surface area contributed by atoms with Gasteiger partial charge in [0.25, 0.3) is 5.91 Å². The lowest BCUT2D eigenvalue weighted by molar-refractivity contribution is -0.114. The number of aryl methyl sites for hydroxylation is 1. The molecule has 0 radical (unpaired) electrons. The van der Waals surface area contributed by atoms with Crippen LogP contribution < -0.4 is 10.6 Å². The largest absolute Gasteiger partial charge is 0.347 e. The number of aromatic nitrogens is 1. The number of carbonyl (C=O) groups excluding carboxylic acids is 2. The van der Waals surface area contributed by atoms with Gasteiger partial charge in [0.05, 0.1) is 10.7 Å². The fourth-order valence-corrected chi connectivity index (χ4v) is 2.00. The van der Waals surface area contributed by atoms with E-state index in [1.54, 1.807) is 48.1 Å². The molecule has 1 aromatic heterocycles. The summed E-state index contributed by atoms with van der Waals surface area (Å²) in [6, 6.07) is 8.43. The van der Waals surface area contributed by atoms with E-state index in [1.165, 1.54) is 6.92 Å². The Bertz CT molecular complexity index is 664. The molecule has 0 aliphatic carbocycles. The lowest BCUT2D eigenvalue weighted by atomic mass is 10.2. The normalized spacial score (nSPS) is 10.2. The van der Waals surface area contributed by atoms with Gasteiger partial charge in [0, 0.05) is 25.9 Å². The van der Waals surface area contributed by atoms with E-state index in [4.69, 9.17) is 11.6 Å². The van der Waals surface area contributed by atoms with Crippen LogP contribution >= 0.6 is 11.6 Å². The molecular formula is C14H14ClN3O2. The molecule has 0 bridgehead atoms. The van der Waals surface area contributed by atoms with Crippen molar-refractivity contribution in [2.24, 2.45) is 7.05 Å². The number of nitrogens with zero attached hydrogens (tertiary/aromatic N) is 1. The Kier molecular flexibility index (Phi) is 4.10. The zero-order valence-electron chi connectivity index (χ0n) is 11.1. The molecule has 2 aromatic rings. The van der Waals surface area contributed by atoms with Crippen molar-refractivity contribution in [1.29, 1.82) is 0 Å². The number of hydrogen-bond acceptors (Lipinski definition) is 2. The van der Waals surface area contributed by atoms with Crippen LogP contribution in [0.3, 0.4) is 0 Å². The van der Waals surface area contributed by atoms with E-state index in [2.05, 4.69) is 10.6 Å². The summed E-state index contributed by atoms with van der Waals surface area (Å²) < 4.78 is 1.72. The van der Waals surface area contributed by atoms with Gasteiger partial charge in [-0.1, -0.05) is 11.6 Å². The van der Waals surface area contributed by atoms with Gasteiger partial charge in [0.1, 0.15) is 5.69 Å². The molecule has 20 heavy (non-hydrogen) atoms. The fraction of sp³-hybridized carbons (Fsp3) is 0.143. The maximum absolute atomic E-state index is 12.0. The van der Waals surface area contributed by atoms with Crippen molar-refractivity contribution in [3.63, 3.8) is 0 Å². The van der Waals surface area contributed by atoms with Gasteiger partial charge in [-0.3, -0.25) is 9.59 Å². The van der Waals surface area contributed by atoms with Gasteiger partial charge in [0.2, 0.25) is 5.91 Å². The van der Waals surface area contributed by atoms with Crippen molar-refractivity contribution in [2.45, 2.75) is 6.92 Å². The number of carbonyl (C=O) groups is 2. The predicted octanol–water partition coefficient (Wildman–Crippen LogP) is 2.89. The third kappa shape index (κ3) is 3.19. The first kappa shape index (κ1) is 14.1. The average Bonchev–Trinajstić information content (AvgIpc) is 2.78. The summed E-state index contributed by atoms with van der Waals surface area (Å²) in [6.45, 7) is 1.40. The molecule has 0 saturated carbocycles. The van der Waals surface area contributed by atoms with Gasteiger partial charge < -0.3 is 15.2 Å². The van der Waals surface area contributed by atoms with Crippen LogP contribution in [0.15, 0.2) is 36.5 Å². The molecule has 0 atom stereocenters. The van der Waals surface area contributed by atoms with Crippen LogP contribution in [0.4, 0.5) is 11.4 Å². The van der Waals surface area contributed by atoms with Gasteiger partial charge in [-0.05, 0) is 30.3 Å². The molecule has 1 aromatic carbocycles. The number of halogens is 1. The number of hydrogen-bond donors (Lipinski definition) is 2. The molecule has 0 spiro atoms. The van der Waals surface area contributed by atoms with Crippen molar-refractivity contribution < 1.29 is 9.59 Å². The van der Waals surface area contributed by atoms with E-state index in [9.17, 15) is 9.59 Å². The van der Waals surface area contributed by atoms with E-state index < -0.39 is 0 Å². The minimum Gasteiger partial charge on any atom is -0.347 e. The van der Waals surface area contributed by atoms with Crippen LogP contribution in [-0.4, -0.2) is 16.4 Å². The Hall–Kier alpha value is -2.27. The fourth-order valence-electron chi connectivity index (χ4n) is 1.78. The van der Waals surface area contributed by atoms with E-state index in [0.717, 1.165) is 0 Å². The van der Waals surface area contributed by atoms with E-state index in [0.29, 0.717) is 22.1 Å². The molecule has 0 fully saturated rings. The molecule has 2 amide bonds.